The van der Waals surface area contributed by atoms with Crippen molar-refractivity contribution in [3.05, 3.63) is 29.1 Å². The summed E-state index contributed by atoms with van der Waals surface area (Å²) < 4.78 is 10.3. The predicted molar refractivity (Wildman–Crippen MR) is 69.8 cm³/mol. The molecule has 2 aromatic rings. The number of nitrogens with one attached hydrogen (secondary N) is 1. The Balaban J connectivity index is 2.08. The lowest BCUT2D eigenvalue weighted by Crippen LogP contribution is -1.91. The van der Waals surface area contributed by atoms with Gasteiger partial charge in [-0.1, -0.05) is 5.22 Å². The van der Waals surface area contributed by atoms with Crippen LogP contribution >= 0.6 is 11.3 Å². The zero-order valence-corrected chi connectivity index (χ0v) is 10.8. The Bertz CT molecular complexity index is 506. The maximum atomic E-state index is 5.15. The first-order valence-electron chi connectivity index (χ1n) is 5.10. The molecule has 0 bridgehead atoms. The van der Waals surface area contributed by atoms with Crippen molar-refractivity contribution in [2.75, 3.05) is 19.6 Å². The summed E-state index contributed by atoms with van der Waals surface area (Å²) in [5, 5.41) is 9.55. The molecular weight excluding hydrogens is 252 g/mol. The molecule has 0 saturated carbocycles. The van der Waals surface area contributed by atoms with Gasteiger partial charge >= 0.3 is 0 Å². The van der Waals surface area contributed by atoms with Gasteiger partial charge in [0.2, 0.25) is 0 Å². The Morgan fingerprint density at radius 1 is 1.17 bits per heavy atom. The molecule has 1 aromatic heterocycles. The molecule has 1 N–H and O–H groups in total. The van der Waals surface area contributed by atoms with Crippen LogP contribution in [-0.2, 0) is 0 Å². The fourth-order valence-electron chi connectivity index (χ4n) is 1.26. The van der Waals surface area contributed by atoms with Crippen LogP contribution in [0.1, 0.15) is 0 Å². The second-order valence-corrected chi connectivity index (χ2v) is 3.98. The van der Waals surface area contributed by atoms with Gasteiger partial charge in [-0.05, 0) is 0 Å². The third kappa shape index (κ3) is 3.17. The van der Waals surface area contributed by atoms with Gasteiger partial charge in [0.15, 0.2) is 5.82 Å². The van der Waals surface area contributed by atoms with Crippen LogP contribution in [0.3, 0.4) is 0 Å². The van der Waals surface area contributed by atoms with E-state index in [4.69, 9.17) is 9.47 Å². The van der Waals surface area contributed by atoms with E-state index in [1.807, 2.05) is 0 Å². The minimum atomic E-state index is 0.572. The van der Waals surface area contributed by atoms with Crippen molar-refractivity contribution in [2.24, 2.45) is 10.3 Å². The van der Waals surface area contributed by atoms with E-state index in [0.29, 0.717) is 17.3 Å². The molecule has 0 saturated heterocycles. The zero-order chi connectivity index (χ0) is 12.8. The lowest BCUT2D eigenvalue weighted by molar-refractivity contribution is 0.394. The van der Waals surface area contributed by atoms with Gasteiger partial charge in [-0.2, -0.15) is 0 Å². The van der Waals surface area contributed by atoms with Gasteiger partial charge in [0, 0.05) is 23.6 Å². The van der Waals surface area contributed by atoms with Gasteiger partial charge in [0.05, 0.1) is 25.4 Å². The molecule has 0 unspecified atom stereocenters. The summed E-state index contributed by atoms with van der Waals surface area (Å²) in [6.45, 7) is 0. The van der Waals surface area contributed by atoms with E-state index in [2.05, 4.69) is 20.7 Å². The van der Waals surface area contributed by atoms with Crippen molar-refractivity contribution in [1.29, 1.82) is 0 Å². The topological polar surface area (TPSA) is 68.1 Å². The Hall–Kier alpha value is -2.15. The van der Waals surface area contributed by atoms with Gasteiger partial charge < -0.3 is 9.47 Å². The quantitative estimate of drug-likeness (QED) is 0.664. The monoisotopic (exact) mass is 264 g/mol. The number of ether oxygens (including phenoxy) is 2. The molecule has 0 atom stereocenters. The van der Waals surface area contributed by atoms with E-state index >= 15 is 0 Å². The maximum absolute atomic E-state index is 5.15. The average molecular weight is 264 g/mol. The van der Waals surface area contributed by atoms with E-state index < -0.39 is 0 Å². The molecule has 0 fully saturated rings. The fraction of sp³-hybridized carbons (Fsp3) is 0.182. The van der Waals surface area contributed by atoms with Crippen LogP contribution in [0.15, 0.2) is 39.4 Å². The van der Waals surface area contributed by atoms with Crippen LogP contribution in [0, 0.1) is 0 Å². The number of hydrogen-bond acceptors (Lipinski definition) is 6. The molecule has 0 amide bonds. The number of benzene rings is 1. The third-order valence-electron chi connectivity index (χ3n) is 2.10. The molecular formula is C11H12N4O2S. The Morgan fingerprint density at radius 3 is 2.44 bits per heavy atom. The Kier molecular flexibility index (Phi) is 4.08. The predicted octanol–water partition coefficient (Wildman–Crippen LogP) is 3.27. The maximum Gasteiger partial charge on any atom is 0.186 e. The molecule has 2 rings (SSSR count). The van der Waals surface area contributed by atoms with Crippen LogP contribution in [0.4, 0.5) is 11.5 Å². The fourth-order valence-corrected chi connectivity index (χ4v) is 1.72. The normalized spacial score (nSPS) is 10.6. The van der Waals surface area contributed by atoms with E-state index in [1.54, 1.807) is 43.3 Å². The number of nitrogens with zero attached hydrogens (tertiary/aromatic N) is 3. The van der Waals surface area contributed by atoms with Gasteiger partial charge in [-0.3, -0.25) is 5.43 Å². The van der Waals surface area contributed by atoms with Gasteiger partial charge in [0.1, 0.15) is 11.5 Å². The lowest BCUT2D eigenvalue weighted by atomic mass is 10.3. The largest absolute Gasteiger partial charge is 0.497 e. The van der Waals surface area contributed by atoms with Crippen LogP contribution in [0.25, 0.3) is 0 Å². The Labute approximate surface area is 108 Å². The van der Waals surface area contributed by atoms with E-state index in [1.165, 1.54) is 11.3 Å². The number of methoxy groups -OCH3 is 2. The molecule has 7 heteroatoms. The zero-order valence-electron chi connectivity index (χ0n) is 9.95. The van der Waals surface area contributed by atoms with E-state index in [9.17, 15) is 0 Å². The van der Waals surface area contributed by atoms with Crippen LogP contribution in [0.2, 0.25) is 0 Å². The lowest BCUT2D eigenvalue weighted by Gasteiger charge is -2.06. The molecule has 6 nitrogen and oxygen atoms in total. The molecule has 1 heterocycles. The molecule has 0 radical (unpaired) electrons. The minimum Gasteiger partial charge on any atom is -0.497 e. The highest BCUT2D eigenvalue weighted by Gasteiger charge is 2.00. The first-order chi connectivity index (χ1) is 8.81. The van der Waals surface area contributed by atoms with Crippen molar-refractivity contribution >= 4 is 22.8 Å². The second-order valence-electron chi connectivity index (χ2n) is 3.26. The molecule has 0 aliphatic carbocycles. The summed E-state index contributed by atoms with van der Waals surface area (Å²) in [6.07, 6.45) is 0. The average Bonchev–Trinajstić information content (AvgIpc) is 2.91. The minimum absolute atomic E-state index is 0.572. The second kappa shape index (κ2) is 5.97. The van der Waals surface area contributed by atoms with Crippen molar-refractivity contribution in [3.8, 4) is 11.5 Å². The van der Waals surface area contributed by atoms with Crippen molar-refractivity contribution in [3.63, 3.8) is 0 Å². The summed E-state index contributed by atoms with van der Waals surface area (Å²) in [7, 11) is 3.19. The molecule has 0 spiro atoms. The van der Waals surface area contributed by atoms with Crippen molar-refractivity contribution in [2.45, 2.75) is 0 Å². The third-order valence-corrected chi connectivity index (χ3v) is 2.68. The van der Waals surface area contributed by atoms with Crippen molar-refractivity contribution in [1.82, 2.24) is 4.98 Å². The molecule has 94 valence electrons. The van der Waals surface area contributed by atoms with Gasteiger partial charge in [-0.25, -0.2) is 4.98 Å². The number of rotatable bonds is 5. The van der Waals surface area contributed by atoms with Gasteiger partial charge in [-0.15, -0.1) is 16.5 Å². The molecule has 0 aliphatic rings. The summed E-state index contributed by atoms with van der Waals surface area (Å²) in [5.74, 6) is 1.93. The number of hydrogen-bond donors (Lipinski definition) is 1. The summed E-state index contributed by atoms with van der Waals surface area (Å²) in [4.78, 5) is 3.98. The number of anilines is 1. The van der Waals surface area contributed by atoms with Crippen LogP contribution in [-0.4, -0.2) is 19.2 Å². The van der Waals surface area contributed by atoms with E-state index in [-0.39, 0.29) is 0 Å². The highest BCUT2D eigenvalue weighted by molar-refractivity contribution is 7.07. The number of thiazole rings is 1. The summed E-state index contributed by atoms with van der Waals surface area (Å²) in [5.41, 5.74) is 5.22. The van der Waals surface area contributed by atoms with Crippen LogP contribution < -0.4 is 14.9 Å². The van der Waals surface area contributed by atoms with E-state index in [0.717, 1.165) is 5.69 Å². The first kappa shape index (κ1) is 12.3. The Morgan fingerprint density at radius 2 is 1.89 bits per heavy atom. The molecule has 0 aliphatic heterocycles. The smallest absolute Gasteiger partial charge is 0.186 e. The molecule has 1 aromatic carbocycles. The SMILES string of the molecule is COc1cc(NN=Nc2cscn2)cc(OC)c1. The summed E-state index contributed by atoms with van der Waals surface area (Å²) >= 11 is 1.47. The van der Waals surface area contributed by atoms with Crippen molar-refractivity contribution < 1.29 is 9.47 Å². The first-order valence-corrected chi connectivity index (χ1v) is 6.04. The standard InChI is InChI=1S/C11H12N4O2S/c1-16-9-3-8(4-10(5-9)17-2)13-15-14-11-6-18-7-12-11/h3-7H,1-2H3,(H,13,14). The summed E-state index contributed by atoms with van der Waals surface area (Å²) in [6, 6.07) is 5.37. The highest BCUT2D eigenvalue weighted by atomic mass is 32.1. The molecule has 18 heavy (non-hydrogen) atoms. The number of aromatic nitrogens is 1. The van der Waals surface area contributed by atoms with Crippen LogP contribution in [0.5, 0.6) is 11.5 Å². The highest BCUT2D eigenvalue weighted by Crippen LogP contribution is 2.25. The van der Waals surface area contributed by atoms with Gasteiger partial charge in [0.25, 0.3) is 0 Å².